The number of halogens is 1. The lowest BCUT2D eigenvalue weighted by molar-refractivity contribution is -0.120. The maximum atomic E-state index is 11.9. The zero-order chi connectivity index (χ0) is 15.3. The van der Waals surface area contributed by atoms with Crippen molar-refractivity contribution in [1.29, 1.82) is 0 Å². The fourth-order valence-electron chi connectivity index (χ4n) is 1.95. The first-order valence-electron chi connectivity index (χ1n) is 6.61. The predicted molar refractivity (Wildman–Crippen MR) is 78.6 cm³/mol. The molecule has 1 amide bonds. The number of hydrogen-bond donors (Lipinski definition) is 2. The van der Waals surface area contributed by atoms with Crippen LogP contribution in [-0.4, -0.2) is 40.1 Å². The summed E-state index contributed by atoms with van der Waals surface area (Å²) in [5, 5.41) is 3.09. The van der Waals surface area contributed by atoms with Crippen LogP contribution in [0, 0.1) is 0 Å². The number of benzene rings is 1. The summed E-state index contributed by atoms with van der Waals surface area (Å²) in [5.41, 5.74) is 0. The number of carbonyl (C=O) groups excluding carboxylic acids is 1. The standard InChI is InChI=1S/C13H17ClN2O4S/c14-10-3-5-12(6-4-10)21(18,19)16-9-13(17)15-8-11-2-1-7-20-11/h3-6,11,16H,1-2,7-9H2,(H,15,17)/t11-/m1/s1. The summed E-state index contributed by atoms with van der Waals surface area (Å²) in [7, 11) is -3.71. The van der Waals surface area contributed by atoms with Crippen LogP contribution in [0.4, 0.5) is 0 Å². The van der Waals surface area contributed by atoms with E-state index in [1.54, 1.807) is 0 Å². The largest absolute Gasteiger partial charge is 0.376 e. The van der Waals surface area contributed by atoms with E-state index in [0.717, 1.165) is 12.8 Å². The second-order valence-corrected chi connectivity index (χ2v) is 6.92. The molecule has 1 saturated heterocycles. The van der Waals surface area contributed by atoms with Gasteiger partial charge in [0.1, 0.15) is 0 Å². The highest BCUT2D eigenvalue weighted by molar-refractivity contribution is 7.89. The predicted octanol–water partition coefficient (Wildman–Crippen LogP) is 0.913. The van der Waals surface area contributed by atoms with Gasteiger partial charge in [-0.3, -0.25) is 4.79 Å². The van der Waals surface area contributed by atoms with Crippen LogP contribution in [0.15, 0.2) is 29.2 Å². The highest BCUT2D eigenvalue weighted by atomic mass is 35.5. The molecule has 0 aromatic heterocycles. The SMILES string of the molecule is O=C(CNS(=O)(=O)c1ccc(Cl)cc1)NC[C@H]1CCCO1. The smallest absolute Gasteiger partial charge is 0.241 e. The topological polar surface area (TPSA) is 84.5 Å². The number of carbonyl (C=O) groups is 1. The Kier molecular flexibility index (Phi) is 5.58. The molecule has 1 atom stereocenters. The highest BCUT2D eigenvalue weighted by Gasteiger charge is 2.18. The summed E-state index contributed by atoms with van der Waals surface area (Å²) in [4.78, 5) is 11.7. The van der Waals surface area contributed by atoms with Crippen LogP contribution in [0.2, 0.25) is 5.02 Å². The van der Waals surface area contributed by atoms with Gasteiger partial charge in [-0.25, -0.2) is 13.1 Å². The normalized spacial score (nSPS) is 18.6. The van der Waals surface area contributed by atoms with Gasteiger partial charge in [-0.15, -0.1) is 0 Å². The third-order valence-corrected chi connectivity index (χ3v) is 4.77. The van der Waals surface area contributed by atoms with Gasteiger partial charge in [0.05, 0.1) is 17.5 Å². The third kappa shape index (κ3) is 4.96. The minimum absolute atomic E-state index is 0.0295. The third-order valence-electron chi connectivity index (χ3n) is 3.10. The number of nitrogens with one attached hydrogen (secondary N) is 2. The summed E-state index contributed by atoms with van der Waals surface area (Å²) in [6.45, 7) is 0.808. The molecule has 6 nitrogen and oxygen atoms in total. The molecule has 0 aliphatic carbocycles. The van der Waals surface area contributed by atoms with Crippen LogP contribution < -0.4 is 10.0 Å². The molecule has 1 fully saturated rings. The Morgan fingerprint density at radius 1 is 1.33 bits per heavy atom. The van der Waals surface area contributed by atoms with Crippen molar-refractivity contribution in [1.82, 2.24) is 10.0 Å². The highest BCUT2D eigenvalue weighted by Crippen LogP contribution is 2.13. The average Bonchev–Trinajstić information content (AvgIpc) is 2.97. The molecule has 0 unspecified atom stereocenters. The molecule has 1 aromatic carbocycles. The second-order valence-electron chi connectivity index (χ2n) is 4.72. The Morgan fingerprint density at radius 2 is 2.05 bits per heavy atom. The van der Waals surface area contributed by atoms with E-state index in [-0.39, 0.29) is 23.5 Å². The first-order chi connectivity index (χ1) is 9.97. The molecule has 2 N–H and O–H groups in total. The first kappa shape index (κ1) is 16.2. The number of ether oxygens (including phenoxy) is 1. The summed E-state index contributed by atoms with van der Waals surface area (Å²) >= 11 is 5.70. The minimum atomic E-state index is -3.71. The van der Waals surface area contributed by atoms with Gasteiger partial charge in [-0.2, -0.15) is 0 Å². The van der Waals surface area contributed by atoms with Crippen LogP contribution in [0.1, 0.15) is 12.8 Å². The van der Waals surface area contributed by atoms with Crippen molar-refractivity contribution in [2.24, 2.45) is 0 Å². The van der Waals surface area contributed by atoms with Crippen LogP contribution in [0.3, 0.4) is 0 Å². The van der Waals surface area contributed by atoms with Gasteiger partial charge < -0.3 is 10.1 Å². The van der Waals surface area contributed by atoms with Crippen molar-refractivity contribution in [3.05, 3.63) is 29.3 Å². The van der Waals surface area contributed by atoms with Crippen LogP contribution in [-0.2, 0) is 19.6 Å². The summed E-state index contributed by atoms with van der Waals surface area (Å²) in [6.07, 6.45) is 1.93. The lowest BCUT2D eigenvalue weighted by Gasteiger charge is -2.11. The molecule has 0 bridgehead atoms. The van der Waals surface area contributed by atoms with Gasteiger partial charge in [0.15, 0.2) is 0 Å². The van der Waals surface area contributed by atoms with Crippen molar-refractivity contribution in [2.75, 3.05) is 19.7 Å². The van der Waals surface area contributed by atoms with Gasteiger partial charge in [-0.05, 0) is 37.1 Å². The molecule has 1 aliphatic heterocycles. The van der Waals surface area contributed by atoms with E-state index in [1.165, 1.54) is 24.3 Å². The van der Waals surface area contributed by atoms with E-state index in [2.05, 4.69) is 10.0 Å². The van der Waals surface area contributed by atoms with Crippen molar-refractivity contribution in [2.45, 2.75) is 23.8 Å². The first-order valence-corrected chi connectivity index (χ1v) is 8.47. The Labute approximate surface area is 128 Å². The van der Waals surface area contributed by atoms with E-state index in [9.17, 15) is 13.2 Å². The number of sulfonamides is 1. The van der Waals surface area contributed by atoms with Gasteiger partial charge in [0.2, 0.25) is 15.9 Å². The van der Waals surface area contributed by atoms with Crippen molar-refractivity contribution in [3.8, 4) is 0 Å². The van der Waals surface area contributed by atoms with E-state index < -0.39 is 10.0 Å². The van der Waals surface area contributed by atoms with Crippen LogP contribution >= 0.6 is 11.6 Å². The fraction of sp³-hybridized carbons (Fsp3) is 0.462. The zero-order valence-electron chi connectivity index (χ0n) is 11.3. The van der Waals surface area contributed by atoms with Crippen LogP contribution in [0.5, 0.6) is 0 Å². The minimum Gasteiger partial charge on any atom is -0.376 e. The summed E-state index contributed by atoms with van der Waals surface area (Å²) in [6, 6.07) is 5.73. The van der Waals surface area contributed by atoms with E-state index in [0.29, 0.717) is 18.2 Å². The lowest BCUT2D eigenvalue weighted by atomic mass is 10.2. The number of rotatable bonds is 6. The van der Waals surface area contributed by atoms with Crippen molar-refractivity contribution >= 4 is 27.5 Å². The monoisotopic (exact) mass is 332 g/mol. The molecular formula is C13H17ClN2O4S. The maximum Gasteiger partial charge on any atom is 0.241 e. The Balaban J connectivity index is 1.80. The van der Waals surface area contributed by atoms with E-state index in [4.69, 9.17) is 16.3 Å². The van der Waals surface area contributed by atoms with Gasteiger partial charge in [-0.1, -0.05) is 11.6 Å². The molecular weight excluding hydrogens is 316 g/mol. The number of amides is 1. The van der Waals surface area contributed by atoms with E-state index >= 15 is 0 Å². The zero-order valence-corrected chi connectivity index (χ0v) is 12.9. The molecule has 0 saturated carbocycles. The van der Waals surface area contributed by atoms with Gasteiger partial charge >= 0.3 is 0 Å². The Hall–Kier alpha value is -1.15. The molecule has 116 valence electrons. The Morgan fingerprint density at radius 3 is 2.67 bits per heavy atom. The van der Waals surface area contributed by atoms with Gasteiger partial charge in [0, 0.05) is 18.2 Å². The molecule has 1 aromatic rings. The van der Waals surface area contributed by atoms with Crippen molar-refractivity contribution in [3.63, 3.8) is 0 Å². The molecule has 1 heterocycles. The Bertz CT molecular complexity index is 583. The van der Waals surface area contributed by atoms with Gasteiger partial charge in [0.25, 0.3) is 0 Å². The summed E-state index contributed by atoms with van der Waals surface area (Å²) < 4.78 is 31.5. The van der Waals surface area contributed by atoms with Crippen molar-refractivity contribution < 1.29 is 17.9 Å². The average molecular weight is 333 g/mol. The fourth-order valence-corrected chi connectivity index (χ4v) is 3.06. The second kappa shape index (κ2) is 7.22. The maximum absolute atomic E-state index is 11.9. The molecule has 2 rings (SSSR count). The number of hydrogen-bond acceptors (Lipinski definition) is 4. The molecule has 21 heavy (non-hydrogen) atoms. The lowest BCUT2D eigenvalue weighted by Crippen LogP contribution is -2.39. The molecule has 1 aliphatic rings. The molecule has 0 spiro atoms. The summed E-state index contributed by atoms with van der Waals surface area (Å²) in [5.74, 6) is -0.386. The van der Waals surface area contributed by atoms with E-state index in [1.807, 2.05) is 0 Å². The molecule has 8 heteroatoms. The quantitative estimate of drug-likeness (QED) is 0.811. The van der Waals surface area contributed by atoms with Crippen LogP contribution in [0.25, 0.3) is 0 Å². The molecule has 0 radical (unpaired) electrons.